The van der Waals surface area contributed by atoms with Gasteiger partial charge in [0.05, 0.1) is 0 Å². The van der Waals surface area contributed by atoms with Crippen molar-refractivity contribution in [1.82, 2.24) is 4.90 Å². The fourth-order valence-corrected chi connectivity index (χ4v) is 2.88. The maximum absolute atomic E-state index is 12.3. The Kier molecular flexibility index (Phi) is 4.08. The average molecular weight is 238 g/mol. The van der Waals surface area contributed by atoms with E-state index in [1.165, 1.54) is 25.7 Å². The molecule has 0 heterocycles. The van der Waals surface area contributed by atoms with Crippen molar-refractivity contribution in [2.75, 3.05) is 6.54 Å². The van der Waals surface area contributed by atoms with Crippen LogP contribution in [-0.4, -0.2) is 28.9 Å². The van der Waals surface area contributed by atoms with Crippen molar-refractivity contribution in [3.63, 3.8) is 0 Å². The Morgan fingerprint density at radius 1 is 1.35 bits per heavy atom. The summed E-state index contributed by atoms with van der Waals surface area (Å²) in [6.45, 7) is 3.12. The number of carbonyl (C=O) groups is 1. The molecule has 2 rings (SSSR count). The normalized spacial score (nSPS) is 22.7. The Labute approximate surface area is 105 Å². The minimum absolute atomic E-state index is 0.184. The molecule has 2 fully saturated rings. The van der Waals surface area contributed by atoms with Crippen LogP contribution in [0.5, 0.6) is 0 Å². The second kappa shape index (κ2) is 5.38. The molecule has 2 saturated carbocycles. The molecule has 0 atom stereocenters. The lowest BCUT2D eigenvalue weighted by Crippen LogP contribution is -2.44. The second-order valence-electron chi connectivity index (χ2n) is 5.92. The molecule has 2 N–H and O–H groups in total. The Bertz CT molecular complexity index is 267. The maximum atomic E-state index is 12.3. The summed E-state index contributed by atoms with van der Waals surface area (Å²) in [5, 5.41) is 0. The van der Waals surface area contributed by atoms with Crippen LogP contribution in [0, 0.1) is 0 Å². The van der Waals surface area contributed by atoms with Gasteiger partial charge in [-0.1, -0.05) is 26.2 Å². The fraction of sp³-hybridized carbons (Fsp3) is 0.929. The fourth-order valence-electron chi connectivity index (χ4n) is 2.88. The third kappa shape index (κ3) is 3.44. The summed E-state index contributed by atoms with van der Waals surface area (Å²) in [5.74, 6) is 0.311. The molecule has 0 aliphatic heterocycles. The first kappa shape index (κ1) is 12.9. The Morgan fingerprint density at radius 3 is 2.53 bits per heavy atom. The molecule has 0 unspecified atom stereocenters. The van der Waals surface area contributed by atoms with Crippen molar-refractivity contribution in [3.8, 4) is 0 Å². The molecule has 0 radical (unpaired) electrons. The molecule has 0 spiro atoms. The predicted molar refractivity (Wildman–Crippen MR) is 69.6 cm³/mol. The van der Waals surface area contributed by atoms with Crippen molar-refractivity contribution >= 4 is 5.91 Å². The largest absolute Gasteiger partial charge is 0.340 e. The lowest BCUT2D eigenvalue weighted by Gasteiger charge is -2.28. The summed E-state index contributed by atoms with van der Waals surface area (Å²) in [7, 11) is 0. The van der Waals surface area contributed by atoms with Crippen LogP contribution in [-0.2, 0) is 4.79 Å². The van der Waals surface area contributed by atoms with Gasteiger partial charge in [0.1, 0.15) is 0 Å². The lowest BCUT2D eigenvalue weighted by atomic mass is 9.94. The molecule has 3 nitrogen and oxygen atoms in total. The molecule has 17 heavy (non-hydrogen) atoms. The van der Waals surface area contributed by atoms with Crippen LogP contribution < -0.4 is 5.73 Å². The van der Waals surface area contributed by atoms with Gasteiger partial charge in [0.15, 0.2) is 0 Å². The highest BCUT2D eigenvalue weighted by Gasteiger charge is 2.37. The summed E-state index contributed by atoms with van der Waals surface area (Å²) in [4.78, 5) is 14.4. The van der Waals surface area contributed by atoms with Crippen molar-refractivity contribution in [2.24, 2.45) is 5.73 Å². The van der Waals surface area contributed by atoms with Crippen LogP contribution in [0.4, 0.5) is 0 Å². The first-order chi connectivity index (χ1) is 8.14. The Morgan fingerprint density at radius 2 is 2.00 bits per heavy atom. The highest BCUT2D eigenvalue weighted by molar-refractivity contribution is 5.78. The highest BCUT2D eigenvalue weighted by Crippen LogP contribution is 2.33. The van der Waals surface area contributed by atoms with Gasteiger partial charge in [-0.2, -0.15) is 0 Å². The SMILES string of the molecule is CCCCN(C(=O)CC1(N)CCCC1)C1CC1. The van der Waals surface area contributed by atoms with Gasteiger partial charge in [-0.3, -0.25) is 4.79 Å². The second-order valence-corrected chi connectivity index (χ2v) is 5.92. The number of hydrogen-bond donors (Lipinski definition) is 1. The number of unbranched alkanes of at least 4 members (excludes halogenated alkanes) is 1. The molecule has 1 amide bonds. The van der Waals surface area contributed by atoms with Crippen LogP contribution in [0.15, 0.2) is 0 Å². The van der Waals surface area contributed by atoms with E-state index in [9.17, 15) is 4.79 Å². The number of rotatable bonds is 6. The predicted octanol–water partition coefficient (Wildman–Crippen LogP) is 2.44. The summed E-state index contributed by atoms with van der Waals surface area (Å²) in [6.07, 6.45) is 9.72. The standard InChI is InChI=1S/C14H26N2O/c1-2-3-10-16(12-6-7-12)13(17)11-14(15)8-4-5-9-14/h12H,2-11,15H2,1H3. The average Bonchev–Trinajstić information content (AvgIpc) is 3.02. The third-order valence-electron chi connectivity index (χ3n) is 4.16. The first-order valence-corrected chi connectivity index (χ1v) is 7.23. The summed E-state index contributed by atoms with van der Waals surface area (Å²) in [5.41, 5.74) is 6.12. The number of carbonyl (C=O) groups excluding carboxylic acids is 1. The van der Waals surface area contributed by atoms with Gasteiger partial charge in [0.25, 0.3) is 0 Å². The van der Waals surface area contributed by atoms with E-state index >= 15 is 0 Å². The molecule has 2 aliphatic rings. The minimum atomic E-state index is -0.184. The van der Waals surface area contributed by atoms with E-state index < -0.39 is 0 Å². The topological polar surface area (TPSA) is 46.3 Å². The van der Waals surface area contributed by atoms with Crippen LogP contribution >= 0.6 is 0 Å². The quantitative estimate of drug-likeness (QED) is 0.772. The van der Waals surface area contributed by atoms with Gasteiger partial charge in [0, 0.05) is 24.5 Å². The Hall–Kier alpha value is -0.570. The summed E-state index contributed by atoms with van der Waals surface area (Å²) < 4.78 is 0. The zero-order valence-electron chi connectivity index (χ0n) is 11.1. The van der Waals surface area contributed by atoms with E-state index in [1.54, 1.807) is 0 Å². The maximum Gasteiger partial charge on any atom is 0.224 e. The van der Waals surface area contributed by atoms with E-state index in [4.69, 9.17) is 5.73 Å². The van der Waals surface area contributed by atoms with Crippen molar-refractivity contribution < 1.29 is 4.79 Å². The van der Waals surface area contributed by atoms with E-state index in [0.717, 1.165) is 32.2 Å². The summed E-state index contributed by atoms with van der Waals surface area (Å²) >= 11 is 0. The molecule has 0 aromatic carbocycles. The van der Waals surface area contributed by atoms with E-state index in [2.05, 4.69) is 11.8 Å². The molecule has 98 valence electrons. The zero-order chi connectivity index (χ0) is 12.3. The highest BCUT2D eigenvalue weighted by atomic mass is 16.2. The number of nitrogens with two attached hydrogens (primary N) is 1. The molecule has 3 heteroatoms. The molecule has 0 saturated heterocycles. The number of amides is 1. The van der Waals surface area contributed by atoms with Gasteiger partial charge >= 0.3 is 0 Å². The van der Waals surface area contributed by atoms with Crippen LogP contribution in [0.1, 0.15) is 64.7 Å². The van der Waals surface area contributed by atoms with Gasteiger partial charge in [-0.05, 0) is 32.1 Å². The smallest absolute Gasteiger partial charge is 0.224 e. The van der Waals surface area contributed by atoms with E-state index in [1.807, 2.05) is 0 Å². The van der Waals surface area contributed by atoms with Crippen LogP contribution in [0.25, 0.3) is 0 Å². The minimum Gasteiger partial charge on any atom is -0.340 e. The molecular weight excluding hydrogens is 212 g/mol. The van der Waals surface area contributed by atoms with Crippen molar-refractivity contribution in [3.05, 3.63) is 0 Å². The van der Waals surface area contributed by atoms with Crippen molar-refractivity contribution in [2.45, 2.75) is 76.3 Å². The monoisotopic (exact) mass is 238 g/mol. The summed E-state index contributed by atoms with van der Waals surface area (Å²) in [6, 6.07) is 0.541. The van der Waals surface area contributed by atoms with E-state index in [0.29, 0.717) is 18.4 Å². The van der Waals surface area contributed by atoms with Gasteiger partial charge in [-0.15, -0.1) is 0 Å². The molecule has 0 aromatic rings. The van der Waals surface area contributed by atoms with Crippen molar-refractivity contribution in [1.29, 1.82) is 0 Å². The van der Waals surface area contributed by atoms with Crippen LogP contribution in [0.3, 0.4) is 0 Å². The van der Waals surface area contributed by atoms with Crippen LogP contribution in [0.2, 0.25) is 0 Å². The molecular formula is C14H26N2O. The zero-order valence-corrected chi connectivity index (χ0v) is 11.1. The van der Waals surface area contributed by atoms with E-state index in [-0.39, 0.29) is 5.54 Å². The molecule has 0 aromatic heterocycles. The number of nitrogens with zero attached hydrogens (tertiary/aromatic N) is 1. The van der Waals surface area contributed by atoms with Gasteiger partial charge < -0.3 is 10.6 Å². The first-order valence-electron chi connectivity index (χ1n) is 7.23. The molecule has 0 bridgehead atoms. The third-order valence-corrected chi connectivity index (χ3v) is 4.16. The Balaban J connectivity index is 1.87. The van der Waals surface area contributed by atoms with Gasteiger partial charge in [-0.25, -0.2) is 0 Å². The number of hydrogen-bond acceptors (Lipinski definition) is 2. The van der Waals surface area contributed by atoms with Gasteiger partial charge in [0.2, 0.25) is 5.91 Å². The lowest BCUT2D eigenvalue weighted by molar-refractivity contribution is -0.133. The molecule has 2 aliphatic carbocycles.